The monoisotopic (exact) mass is 386 g/mol. The van der Waals surface area contributed by atoms with Gasteiger partial charge in [0.25, 0.3) is 5.91 Å². The molecule has 1 aromatic carbocycles. The van der Waals surface area contributed by atoms with Gasteiger partial charge in [-0.25, -0.2) is 9.78 Å². The Kier molecular flexibility index (Phi) is 5.49. The summed E-state index contributed by atoms with van der Waals surface area (Å²) in [7, 11) is 0. The van der Waals surface area contributed by atoms with Crippen molar-refractivity contribution in [3.63, 3.8) is 0 Å². The number of hydrogen-bond donors (Lipinski definition) is 1. The minimum absolute atomic E-state index is 0.339. The lowest BCUT2D eigenvalue weighted by Crippen LogP contribution is -2.20. The van der Waals surface area contributed by atoms with Crippen LogP contribution in [0.15, 0.2) is 35.0 Å². The molecular formula is C19H18N2O3S2. The molecule has 0 saturated carbocycles. The third-order valence-electron chi connectivity index (χ3n) is 3.92. The molecule has 3 rings (SSSR count). The molecule has 0 unspecified atom stereocenters. The molecule has 0 bridgehead atoms. The van der Waals surface area contributed by atoms with Crippen molar-refractivity contribution >= 4 is 39.7 Å². The van der Waals surface area contributed by atoms with Crippen LogP contribution in [0.2, 0.25) is 0 Å². The molecular weight excluding hydrogens is 368 g/mol. The first kappa shape index (κ1) is 18.3. The number of amides is 1. The molecule has 0 saturated heterocycles. The smallest absolute Gasteiger partial charge is 0.348 e. The van der Waals surface area contributed by atoms with Gasteiger partial charge in [-0.2, -0.15) is 0 Å². The maximum atomic E-state index is 12.0. The van der Waals surface area contributed by atoms with Crippen LogP contribution in [0.3, 0.4) is 0 Å². The van der Waals surface area contributed by atoms with Crippen molar-refractivity contribution < 1.29 is 14.3 Å². The van der Waals surface area contributed by atoms with E-state index >= 15 is 0 Å². The average molecular weight is 386 g/mol. The van der Waals surface area contributed by atoms with Crippen molar-refractivity contribution in [2.45, 2.75) is 20.8 Å². The molecule has 0 radical (unpaired) electrons. The number of carbonyl (C=O) groups is 2. The molecule has 3 aromatic rings. The summed E-state index contributed by atoms with van der Waals surface area (Å²) in [5.74, 6) is -0.909. The molecule has 0 aliphatic carbocycles. The van der Waals surface area contributed by atoms with Crippen molar-refractivity contribution in [2.24, 2.45) is 0 Å². The van der Waals surface area contributed by atoms with Crippen molar-refractivity contribution in [1.29, 1.82) is 0 Å². The number of esters is 1. The van der Waals surface area contributed by atoms with Gasteiger partial charge in [-0.05, 0) is 55.0 Å². The SMILES string of the molecule is Cc1cc(C)c(-c2csc(NC(=O)COC(=O)c3cccs3)n2)cc1C. The van der Waals surface area contributed by atoms with E-state index in [2.05, 4.69) is 36.3 Å². The topological polar surface area (TPSA) is 68.3 Å². The van der Waals surface area contributed by atoms with Crippen LogP contribution in [0.5, 0.6) is 0 Å². The first-order chi connectivity index (χ1) is 12.4. The second kappa shape index (κ2) is 7.80. The number of aromatic nitrogens is 1. The van der Waals surface area contributed by atoms with Gasteiger partial charge in [0.2, 0.25) is 0 Å². The fraction of sp³-hybridized carbons (Fsp3) is 0.211. The zero-order chi connectivity index (χ0) is 18.7. The van der Waals surface area contributed by atoms with Crippen LogP contribution >= 0.6 is 22.7 Å². The van der Waals surface area contributed by atoms with E-state index in [-0.39, 0.29) is 6.61 Å². The summed E-state index contributed by atoms with van der Waals surface area (Å²) in [6, 6.07) is 7.65. The van der Waals surface area contributed by atoms with Crippen molar-refractivity contribution in [2.75, 3.05) is 11.9 Å². The summed E-state index contributed by atoms with van der Waals surface area (Å²) in [6.07, 6.45) is 0. The summed E-state index contributed by atoms with van der Waals surface area (Å²) in [5.41, 5.74) is 5.45. The van der Waals surface area contributed by atoms with E-state index in [4.69, 9.17) is 4.74 Å². The second-order valence-electron chi connectivity index (χ2n) is 5.89. The van der Waals surface area contributed by atoms with Gasteiger partial charge in [0.15, 0.2) is 11.7 Å². The Bertz CT molecular complexity index is 946. The molecule has 0 aliphatic heterocycles. The Balaban J connectivity index is 1.62. The Hall–Kier alpha value is -2.51. The first-order valence-corrected chi connectivity index (χ1v) is 9.74. The number of hydrogen-bond acceptors (Lipinski definition) is 6. The number of thiophene rings is 1. The van der Waals surface area contributed by atoms with Crippen LogP contribution < -0.4 is 5.32 Å². The molecule has 0 aliphatic rings. The lowest BCUT2D eigenvalue weighted by atomic mass is 9.99. The van der Waals surface area contributed by atoms with Crippen LogP contribution in [-0.4, -0.2) is 23.5 Å². The fourth-order valence-corrected chi connectivity index (χ4v) is 3.79. The highest BCUT2D eigenvalue weighted by molar-refractivity contribution is 7.14. The minimum atomic E-state index is -0.499. The highest BCUT2D eigenvalue weighted by atomic mass is 32.1. The largest absolute Gasteiger partial charge is 0.451 e. The van der Waals surface area contributed by atoms with Gasteiger partial charge in [-0.3, -0.25) is 10.1 Å². The lowest BCUT2D eigenvalue weighted by molar-refractivity contribution is -0.119. The first-order valence-electron chi connectivity index (χ1n) is 7.98. The average Bonchev–Trinajstić information content (AvgIpc) is 3.28. The molecule has 0 fully saturated rings. The van der Waals surface area contributed by atoms with Gasteiger partial charge in [-0.1, -0.05) is 12.1 Å². The molecule has 2 aromatic heterocycles. The molecule has 5 nitrogen and oxygen atoms in total. The van der Waals surface area contributed by atoms with Gasteiger partial charge in [0, 0.05) is 10.9 Å². The third-order valence-corrected chi connectivity index (χ3v) is 5.53. The lowest BCUT2D eigenvalue weighted by Gasteiger charge is -2.07. The molecule has 1 N–H and O–H groups in total. The van der Waals surface area contributed by atoms with Gasteiger partial charge in [0.05, 0.1) is 5.69 Å². The number of ether oxygens (including phenoxy) is 1. The summed E-state index contributed by atoms with van der Waals surface area (Å²) >= 11 is 2.62. The normalized spacial score (nSPS) is 10.6. The standard InChI is InChI=1S/C19H18N2O3S2/c1-11-7-13(3)14(8-12(11)2)15-10-26-19(20-15)21-17(22)9-24-18(23)16-5-4-6-25-16/h4-8,10H,9H2,1-3H3,(H,20,21,22). The Morgan fingerprint density at radius 3 is 2.62 bits per heavy atom. The fourth-order valence-electron chi connectivity index (χ4n) is 2.44. The number of carbonyl (C=O) groups excluding carboxylic acids is 2. The highest BCUT2D eigenvalue weighted by Gasteiger charge is 2.13. The van der Waals surface area contributed by atoms with E-state index in [0.717, 1.165) is 16.8 Å². The number of benzene rings is 1. The Morgan fingerprint density at radius 2 is 1.88 bits per heavy atom. The van der Waals surface area contributed by atoms with Gasteiger partial charge >= 0.3 is 5.97 Å². The number of nitrogens with one attached hydrogen (secondary N) is 1. The van der Waals surface area contributed by atoms with Crippen molar-refractivity contribution in [1.82, 2.24) is 4.98 Å². The van der Waals surface area contributed by atoms with Crippen molar-refractivity contribution in [3.8, 4) is 11.3 Å². The second-order valence-corrected chi connectivity index (χ2v) is 7.70. The van der Waals surface area contributed by atoms with Crippen LogP contribution in [-0.2, 0) is 9.53 Å². The molecule has 26 heavy (non-hydrogen) atoms. The summed E-state index contributed by atoms with van der Waals surface area (Å²) < 4.78 is 5.00. The highest BCUT2D eigenvalue weighted by Crippen LogP contribution is 2.29. The summed E-state index contributed by atoms with van der Waals surface area (Å²) in [5, 5.41) is 6.84. The predicted molar refractivity (Wildman–Crippen MR) is 105 cm³/mol. The van der Waals surface area contributed by atoms with Crippen LogP contribution in [0.1, 0.15) is 26.4 Å². The molecule has 1 amide bonds. The van der Waals surface area contributed by atoms with E-state index in [1.54, 1.807) is 17.5 Å². The maximum Gasteiger partial charge on any atom is 0.348 e. The quantitative estimate of drug-likeness (QED) is 0.651. The number of rotatable bonds is 5. The molecule has 7 heteroatoms. The Labute approximate surface area is 159 Å². The number of aryl methyl sites for hydroxylation is 3. The number of anilines is 1. The number of thiazole rings is 1. The Morgan fingerprint density at radius 1 is 1.12 bits per heavy atom. The van der Waals surface area contributed by atoms with Crippen molar-refractivity contribution in [3.05, 3.63) is 56.6 Å². The van der Waals surface area contributed by atoms with Crippen LogP contribution in [0, 0.1) is 20.8 Å². The molecule has 134 valence electrons. The van der Waals surface area contributed by atoms with E-state index in [0.29, 0.717) is 10.0 Å². The predicted octanol–water partition coefficient (Wildman–Crippen LogP) is 4.59. The zero-order valence-corrected chi connectivity index (χ0v) is 16.3. The summed E-state index contributed by atoms with van der Waals surface area (Å²) in [4.78, 5) is 28.7. The van der Waals surface area contributed by atoms with Gasteiger partial charge in [0.1, 0.15) is 4.88 Å². The molecule has 0 atom stereocenters. The van der Waals surface area contributed by atoms with Gasteiger partial charge in [-0.15, -0.1) is 22.7 Å². The van der Waals surface area contributed by atoms with E-state index in [9.17, 15) is 9.59 Å². The number of nitrogens with zero attached hydrogens (tertiary/aromatic N) is 1. The maximum absolute atomic E-state index is 12.0. The third kappa shape index (κ3) is 4.17. The van der Waals surface area contributed by atoms with E-state index in [1.165, 1.54) is 33.8 Å². The summed E-state index contributed by atoms with van der Waals surface area (Å²) in [6.45, 7) is 5.85. The zero-order valence-electron chi connectivity index (χ0n) is 14.7. The van der Waals surface area contributed by atoms with Crippen LogP contribution in [0.25, 0.3) is 11.3 Å². The van der Waals surface area contributed by atoms with E-state index in [1.807, 2.05) is 12.3 Å². The van der Waals surface area contributed by atoms with E-state index < -0.39 is 11.9 Å². The minimum Gasteiger partial charge on any atom is -0.451 e. The molecule has 0 spiro atoms. The molecule has 2 heterocycles. The van der Waals surface area contributed by atoms with Gasteiger partial charge < -0.3 is 4.74 Å². The van der Waals surface area contributed by atoms with Crippen LogP contribution in [0.4, 0.5) is 5.13 Å².